The van der Waals surface area contributed by atoms with Crippen LogP contribution >= 0.6 is 11.8 Å². The van der Waals surface area contributed by atoms with Crippen LogP contribution in [-0.2, 0) is 9.53 Å². The molecule has 0 atom stereocenters. The number of benzene rings is 2. The van der Waals surface area contributed by atoms with Crippen LogP contribution in [0.1, 0.15) is 23.7 Å². The molecule has 4 rings (SSSR count). The molecule has 4 aromatic rings. The molecule has 0 fully saturated rings. The molecule has 0 unspecified atom stereocenters. The Morgan fingerprint density at radius 3 is 2.76 bits per heavy atom. The zero-order valence-electron chi connectivity index (χ0n) is 15.7. The van der Waals surface area contributed by atoms with Gasteiger partial charge in [0.05, 0.1) is 29.0 Å². The Kier molecular flexibility index (Phi) is 5.48. The SMILES string of the molecule is CCCOC(=O)c1ccc(NC(=O)CSc2n[nH]c3nc4ccccc4n23)cc1. The summed E-state index contributed by atoms with van der Waals surface area (Å²) in [4.78, 5) is 28.6. The molecule has 29 heavy (non-hydrogen) atoms. The van der Waals surface area contributed by atoms with Crippen LogP contribution < -0.4 is 5.32 Å². The number of esters is 1. The minimum Gasteiger partial charge on any atom is -0.462 e. The summed E-state index contributed by atoms with van der Waals surface area (Å²) >= 11 is 1.31. The largest absolute Gasteiger partial charge is 0.462 e. The van der Waals surface area contributed by atoms with Crippen molar-refractivity contribution in [1.29, 1.82) is 0 Å². The molecule has 2 aromatic carbocycles. The first-order valence-corrected chi connectivity index (χ1v) is 10.2. The molecule has 0 radical (unpaired) electrons. The molecule has 2 aromatic heterocycles. The zero-order chi connectivity index (χ0) is 20.2. The lowest BCUT2D eigenvalue weighted by atomic mass is 10.2. The van der Waals surface area contributed by atoms with E-state index in [1.807, 2.05) is 35.6 Å². The lowest BCUT2D eigenvalue weighted by Gasteiger charge is -2.06. The second-order valence-electron chi connectivity index (χ2n) is 6.32. The summed E-state index contributed by atoms with van der Waals surface area (Å²) in [6, 6.07) is 14.4. The maximum Gasteiger partial charge on any atom is 0.338 e. The number of hydrogen-bond acceptors (Lipinski definition) is 6. The van der Waals surface area contributed by atoms with E-state index in [-0.39, 0.29) is 17.6 Å². The number of aromatic amines is 1. The monoisotopic (exact) mass is 409 g/mol. The summed E-state index contributed by atoms with van der Waals surface area (Å²) in [6.07, 6.45) is 0.773. The van der Waals surface area contributed by atoms with E-state index in [9.17, 15) is 9.59 Å². The Labute approximate surface area is 170 Å². The molecule has 0 bridgehead atoms. The first kappa shape index (κ1) is 19.0. The third-order valence-corrected chi connectivity index (χ3v) is 5.12. The number of aromatic nitrogens is 4. The van der Waals surface area contributed by atoms with E-state index in [1.54, 1.807) is 24.3 Å². The molecule has 0 saturated carbocycles. The van der Waals surface area contributed by atoms with Crippen molar-refractivity contribution in [2.75, 3.05) is 17.7 Å². The molecular weight excluding hydrogens is 390 g/mol. The summed E-state index contributed by atoms with van der Waals surface area (Å²) in [5, 5.41) is 10.6. The fourth-order valence-corrected chi connectivity index (χ4v) is 3.59. The van der Waals surface area contributed by atoms with Gasteiger partial charge in [-0.3, -0.25) is 9.20 Å². The van der Waals surface area contributed by atoms with Crippen LogP contribution in [0.15, 0.2) is 53.7 Å². The van der Waals surface area contributed by atoms with Crippen molar-refractivity contribution < 1.29 is 14.3 Å². The van der Waals surface area contributed by atoms with Crippen molar-refractivity contribution in [3.05, 3.63) is 54.1 Å². The normalized spacial score (nSPS) is 11.1. The predicted octanol–water partition coefficient (Wildman–Crippen LogP) is 3.51. The number of nitrogens with zero attached hydrogens (tertiary/aromatic N) is 3. The summed E-state index contributed by atoms with van der Waals surface area (Å²) in [6.45, 7) is 2.33. The van der Waals surface area contributed by atoms with Crippen molar-refractivity contribution >= 4 is 46.1 Å². The molecule has 8 nitrogen and oxygen atoms in total. The summed E-state index contributed by atoms with van der Waals surface area (Å²) in [5.74, 6) is 0.291. The van der Waals surface area contributed by atoms with E-state index in [1.165, 1.54) is 11.8 Å². The average Bonchev–Trinajstić information content (AvgIpc) is 3.30. The molecule has 0 saturated heterocycles. The summed E-state index contributed by atoms with van der Waals surface area (Å²) < 4.78 is 6.98. The van der Waals surface area contributed by atoms with Crippen molar-refractivity contribution in [3.8, 4) is 0 Å². The highest BCUT2D eigenvalue weighted by Crippen LogP contribution is 2.23. The Bertz CT molecular complexity index is 1170. The van der Waals surface area contributed by atoms with E-state index in [2.05, 4.69) is 20.5 Å². The van der Waals surface area contributed by atoms with Crippen molar-refractivity contribution in [1.82, 2.24) is 19.6 Å². The Morgan fingerprint density at radius 2 is 1.97 bits per heavy atom. The van der Waals surface area contributed by atoms with E-state index in [0.29, 0.717) is 28.8 Å². The highest BCUT2D eigenvalue weighted by atomic mass is 32.2. The molecule has 2 N–H and O–H groups in total. The molecule has 0 spiro atoms. The average molecular weight is 409 g/mol. The maximum absolute atomic E-state index is 12.3. The van der Waals surface area contributed by atoms with E-state index >= 15 is 0 Å². The highest BCUT2D eigenvalue weighted by Gasteiger charge is 2.14. The van der Waals surface area contributed by atoms with Crippen LogP contribution in [0.5, 0.6) is 0 Å². The van der Waals surface area contributed by atoms with E-state index < -0.39 is 0 Å². The standard InChI is InChI=1S/C20H19N5O3S/c1-2-11-28-18(27)13-7-9-14(10-8-13)21-17(26)12-29-20-24-23-19-22-15-5-3-4-6-16(15)25(19)20/h3-10H,2,11-12H2,1H3,(H,21,26)(H,22,23). The Balaban J connectivity index is 1.38. The maximum atomic E-state index is 12.3. The fraction of sp³-hybridized carbons (Fsp3) is 0.200. The van der Waals surface area contributed by atoms with Crippen molar-refractivity contribution in [3.63, 3.8) is 0 Å². The third-order valence-electron chi connectivity index (χ3n) is 4.18. The number of carbonyl (C=O) groups excluding carboxylic acids is 2. The minimum atomic E-state index is -0.365. The quantitative estimate of drug-likeness (QED) is 0.358. The van der Waals surface area contributed by atoms with Crippen molar-refractivity contribution in [2.24, 2.45) is 0 Å². The van der Waals surface area contributed by atoms with E-state index in [0.717, 1.165) is 17.5 Å². The second-order valence-corrected chi connectivity index (χ2v) is 7.26. The zero-order valence-corrected chi connectivity index (χ0v) is 16.5. The van der Waals surface area contributed by atoms with Gasteiger partial charge in [0.15, 0.2) is 5.16 Å². The topological polar surface area (TPSA) is 101 Å². The number of para-hydroxylation sites is 2. The molecule has 1 amide bonds. The first-order valence-electron chi connectivity index (χ1n) is 9.17. The number of H-pyrrole nitrogens is 1. The Hall–Kier alpha value is -3.33. The van der Waals surface area contributed by atoms with Crippen LogP contribution in [0.4, 0.5) is 5.69 Å². The van der Waals surface area contributed by atoms with Gasteiger partial charge >= 0.3 is 5.97 Å². The van der Waals surface area contributed by atoms with Gasteiger partial charge in [0.25, 0.3) is 0 Å². The predicted molar refractivity (Wildman–Crippen MR) is 111 cm³/mol. The summed E-state index contributed by atoms with van der Waals surface area (Å²) in [7, 11) is 0. The van der Waals surface area contributed by atoms with Gasteiger partial charge in [-0.1, -0.05) is 30.8 Å². The highest BCUT2D eigenvalue weighted by molar-refractivity contribution is 7.99. The van der Waals surface area contributed by atoms with Crippen LogP contribution in [0.25, 0.3) is 16.8 Å². The lowest BCUT2D eigenvalue weighted by molar-refractivity contribution is -0.113. The van der Waals surface area contributed by atoms with Gasteiger partial charge in [0.2, 0.25) is 11.7 Å². The van der Waals surface area contributed by atoms with Crippen LogP contribution in [0.3, 0.4) is 0 Å². The molecule has 148 valence electrons. The fourth-order valence-electron chi connectivity index (χ4n) is 2.83. The number of ether oxygens (including phenoxy) is 1. The molecule has 0 aliphatic rings. The molecule has 0 aliphatic carbocycles. The number of carbonyl (C=O) groups is 2. The molecule has 0 aliphatic heterocycles. The number of nitrogens with one attached hydrogen (secondary N) is 2. The number of amides is 1. The number of rotatable bonds is 7. The molecular formula is C20H19N5O3S. The molecule has 2 heterocycles. The number of imidazole rings is 1. The van der Waals surface area contributed by atoms with Gasteiger partial charge < -0.3 is 10.1 Å². The van der Waals surface area contributed by atoms with Crippen LogP contribution in [0, 0.1) is 0 Å². The number of hydrogen-bond donors (Lipinski definition) is 2. The van der Waals surface area contributed by atoms with E-state index in [4.69, 9.17) is 4.74 Å². The van der Waals surface area contributed by atoms with Crippen LogP contribution in [0.2, 0.25) is 0 Å². The number of fused-ring (bicyclic) bond motifs is 3. The Morgan fingerprint density at radius 1 is 1.17 bits per heavy atom. The van der Waals surface area contributed by atoms with Gasteiger partial charge in [-0.2, -0.15) is 0 Å². The third kappa shape index (κ3) is 4.09. The number of anilines is 1. The minimum absolute atomic E-state index is 0.170. The smallest absolute Gasteiger partial charge is 0.338 e. The number of thioether (sulfide) groups is 1. The lowest BCUT2D eigenvalue weighted by Crippen LogP contribution is -2.14. The van der Waals surface area contributed by atoms with Gasteiger partial charge in [-0.15, -0.1) is 5.10 Å². The van der Waals surface area contributed by atoms with Crippen molar-refractivity contribution in [2.45, 2.75) is 18.5 Å². The second kappa shape index (κ2) is 8.36. The van der Waals surface area contributed by atoms with Gasteiger partial charge in [0.1, 0.15) is 0 Å². The van der Waals surface area contributed by atoms with Gasteiger partial charge in [-0.25, -0.2) is 14.9 Å². The van der Waals surface area contributed by atoms with Crippen LogP contribution in [-0.4, -0.2) is 43.8 Å². The van der Waals surface area contributed by atoms with Gasteiger partial charge in [0, 0.05) is 5.69 Å². The molecule has 9 heteroatoms. The summed E-state index contributed by atoms with van der Waals surface area (Å²) in [5.41, 5.74) is 2.87. The first-order chi connectivity index (χ1) is 14.2. The van der Waals surface area contributed by atoms with Gasteiger partial charge in [-0.05, 0) is 42.8 Å².